The molecule has 1 aromatic rings. The number of nitrogens with one attached hydrogen (secondary N) is 2. The van der Waals surface area contributed by atoms with Crippen molar-refractivity contribution in [1.29, 1.82) is 0 Å². The normalized spacial score (nSPS) is 14.2. The van der Waals surface area contributed by atoms with E-state index in [1.54, 1.807) is 0 Å². The van der Waals surface area contributed by atoms with Crippen LogP contribution in [0.25, 0.3) is 0 Å². The van der Waals surface area contributed by atoms with E-state index in [0.717, 1.165) is 11.3 Å². The van der Waals surface area contributed by atoms with Crippen molar-refractivity contribution in [2.75, 3.05) is 11.9 Å². The van der Waals surface area contributed by atoms with Gasteiger partial charge in [-0.05, 0) is 37.5 Å². The van der Waals surface area contributed by atoms with Gasteiger partial charge in [0.1, 0.15) is 0 Å². The molecule has 0 saturated carbocycles. The van der Waals surface area contributed by atoms with Crippen molar-refractivity contribution < 1.29 is 9.00 Å². The Labute approximate surface area is 117 Å². The predicted octanol–water partition coefficient (Wildman–Crippen LogP) is 2.41. The Kier molecular flexibility index (Phi) is 6.18. The molecular formula is C14H22N2O2S. The third-order valence-corrected chi connectivity index (χ3v) is 4.07. The molecule has 4 nitrogen and oxygen atoms in total. The molecule has 0 aliphatic carbocycles. The first-order valence-electron chi connectivity index (χ1n) is 6.41. The molecule has 106 valence electrons. The topological polar surface area (TPSA) is 58.2 Å². The van der Waals surface area contributed by atoms with Crippen molar-refractivity contribution in [3.05, 3.63) is 29.8 Å². The minimum Gasteiger partial charge on any atom is -0.326 e. The molecule has 0 bridgehead atoms. The van der Waals surface area contributed by atoms with Crippen LogP contribution >= 0.6 is 0 Å². The lowest BCUT2D eigenvalue weighted by Gasteiger charge is -2.14. The molecule has 2 atom stereocenters. The van der Waals surface area contributed by atoms with E-state index in [1.807, 2.05) is 38.1 Å². The fraction of sp³-hybridized carbons (Fsp3) is 0.500. The summed E-state index contributed by atoms with van der Waals surface area (Å²) in [6, 6.07) is 7.73. The van der Waals surface area contributed by atoms with Crippen LogP contribution in [0.5, 0.6) is 0 Å². The van der Waals surface area contributed by atoms with E-state index in [4.69, 9.17) is 0 Å². The number of hydrogen-bond donors (Lipinski definition) is 2. The average molecular weight is 282 g/mol. The summed E-state index contributed by atoms with van der Waals surface area (Å²) in [6.07, 6.45) is 0. The highest BCUT2D eigenvalue weighted by molar-refractivity contribution is 7.83. The van der Waals surface area contributed by atoms with Gasteiger partial charge in [0.25, 0.3) is 0 Å². The highest BCUT2D eigenvalue weighted by Crippen LogP contribution is 2.17. The largest absolute Gasteiger partial charge is 0.326 e. The molecule has 0 saturated heterocycles. The standard InChI is InChI=1S/C14H22N2O2S/c1-10(2)19(18)15-9-11(3)13-5-7-14(8-6-13)16-12(4)17/h5-8,10-11,15H,9H2,1-4H3,(H,16,17). The van der Waals surface area contributed by atoms with Gasteiger partial charge in [-0.25, -0.2) is 8.93 Å². The Morgan fingerprint density at radius 1 is 1.21 bits per heavy atom. The van der Waals surface area contributed by atoms with Crippen LogP contribution < -0.4 is 10.0 Å². The molecule has 19 heavy (non-hydrogen) atoms. The van der Waals surface area contributed by atoms with Crippen LogP contribution in [0.4, 0.5) is 5.69 Å². The summed E-state index contributed by atoms with van der Waals surface area (Å²) in [5, 5.41) is 2.85. The lowest BCUT2D eigenvalue weighted by Crippen LogP contribution is -2.27. The van der Waals surface area contributed by atoms with Crippen LogP contribution in [0, 0.1) is 0 Å². The maximum Gasteiger partial charge on any atom is 0.221 e. The quantitative estimate of drug-likeness (QED) is 0.842. The van der Waals surface area contributed by atoms with Gasteiger partial charge in [-0.15, -0.1) is 0 Å². The minimum absolute atomic E-state index is 0.0743. The number of rotatable bonds is 6. The van der Waals surface area contributed by atoms with Crippen LogP contribution in [-0.2, 0) is 15.8 Å². The fourth-order valence-corrected chi connectivity index (χ4v) is 2.34. The first-order chi connectivity index (χ1) is 8.90. The van der Waals surface area contributed by atoms with Gasteiger partial charge in [0.05, 0.1) is 11.0 Å². The fourth-order valence-electron chi connectivity index (χ4n) is 1.59. The first kappa shape index (κ1) is 15.9. The van der Waals surface area contributed by atoms with E-state index in [9.17, 15) is 9.00 Å². The van der Waals surface area contributed by atoms with E-state index in [1.165, 1.54) is 6.92 Å². The van der Waals surface area contributed by atoms with Crippen molar-refractivity contribution in [2.24, 2.45) is 0 Å². The highest BCUT2D eigenvalue weighted by atomic mass is 32.2. The summed E-state index contributed by atoms with van der Waals surface area (Å²) in [6.45, 7) is 8.09. The second-order valence-electron chi connectivity index (χ2n) is 4.90. The lowest BCUT2D eigenvalue weighted by atomic mass is 10.0. The molecule has 1 aromatic carbocycles. The van der Waals surface area contributed by atoms with Crippen molar-refractivity contribution in [3.63, 3.8) is 0 Å². The number of carbonyl (C=O) groups excluding carboxylic acids is 1. The molecule has 2 N–H and O–H groups in total. The zero-order valence-electron chi connectivity index (χ0n) is 11.9. The molecule has 0 radical (unpaired) electrons. The number of anilines is 1. The summed E-state index contributed by atoms with van der Waals surface area (Å²) in [5.74, 6) is 0.198. The Bertz CT molecular complexity index is 443. The highest BCUT2D eigenvalue weighted by Gasteiger charge is 2.09. The SMILES string of the molecule is CC(=O)Nc1ccc(C(C)CNS(=O)C(C)C)cc1. The maximum atomic E-state index is 11.6. The van der Waals surface area contributed by atoms with Crippen LogP contribution in [-0.4, -0.2) is 21.9 Å². The molecule has 0 aliphatic rings. The van der Waals surface area contributed by atoms with Gasteiger partial charge >= 0.3 is 0 Å². The lowest BCUT2D eigenvalue weighted by molar-refractivity contribution is -0.114. The van der Waals surface area contributed by atoms with Crippen molar-refractivity contribution in [2.45, 2.75) is 38.9 Å². The van der Waals surface area contributed by atoms with Crippen LogP contribution in [0.3, 0.4) is 0 Å². The van der Waals surface area contributed by atoms with Gasteiger partial charge < -0.3 is 5.32 Å². The Balaban J connectivity index is 2.55. The Morgan fingerprint density at radius 3 is 2.26 bits per heavy atom. The monoisotopic (exact) mass is 282 g/mol. The molecule has 1 rings (SSSR count). The van der Waals surface area contributed by atoms with E-state index in [0.29, 0.717) is 6.54 Å². The van der Waals surface area contributed by atoms with Gasteiger partial charge in [0.15, 0.2) is 0 Å². The summed E-state index contributed by atoms with van der Waals surface area (Å²) in [4.78, 5) is 10.9. The Morgan fingerprint density at radius 2 is 1.79 bits per heavy atom. The van der Waals surface area contributed by atoms with Gasteiger partial charge in [0, 0.05) is 24.4 Å². The molecule has 5 heteroatoms. The van der Waals surface area contributed by atoms with Crippen LogP contribution in [0.15, 0.2) is 24.3 Å². The van der Waals surface area contributed by atoms with E-state index in [2.05, 4.69) is 17.0 Å². The van der Waals surface area contributed by atoms with Gasteiger partial charge in [-0.3, -0.25) is 4.79 Å². The summed E-state index contributed by atoms with van der Waals surface area (Å²) < 4.78 is 14.6. The molecule has 1 amide bonds. The summed E-state index contributed by atoms with van der Waals surface area (Å²) in [7, 11) is -0.985. The smallest absolute Gasteiger partial charge is 0.221 e. The van der Waals surface area contributed by atoms with E-state index >= 15 is 0 Å². The number of carbonyl (C=O) groups is 1. The molecule has 2 unspecified atom stereocenters. The summed E-state index contributed by atoms with van der Waals surface area (Å²) >= 11 is 0. The number of amides is 1. The molecule has 0 fully saturated rings. The van der Waals surface area contributed by atoms with Gasteiger partial charge in [0.2, 0.25) is 5.91 Å². The van der Waals surface area contributed by atoms with E-state index in [-0.39, 0.29) is 17.1 Å². The molecule has 0 aliphatic heterocycles. The van der Waals surface area contributed by atoms with Gasteiger partial charge in [-0.2, -0.15) is 0 Å². The summed E-state index contributed by atoms with van der Waals surface area (Å²) in [5.41, 5.74) is 1.95. The van der Waals surface area contributed by atoms with Crippen molar-refractivity contribution in [1.82, 2.24) is 4.72 Å². The average Bonchev–Trinajstić information content (AvgIpc) is 2.35. The molecule has 0 aromatic heterocycles. The minimum atomic E-state index is -0.985. The van der Waals surface area contributed by atoms with Gasteiger partial charge in [-0.1, -0.05) is 19.1 Å². The second kappa shape index (κ2) is 7.40. The molecule has 0 spiro atoms. The third-order valence-electron chi connectivity index (χ3n) is 2.76. The van der Waals surface area contributed by atoms with Crippen molar-refractivity contribution in [3.8, 4) is 0 Å². The predicted molar refractivity (Wildman–Crippen MR) is 80.4 cm³/mol. The number of benzene rings is 1. The molecule has 0 heterocycles. The number of hydrogen-bond acceptors (Lipinski definition) is 2. The zero-order chi connectivity index (χ0) is 14.4. The molecular weight excluding hydrogens is 260 g/mol. The Hall–Kier alpha value is -1.20. The third kappa shape index (κ3) is 5.53. The first-order valence-corrected chi connectivity index (χ1v) is 7.63. The second-order valence-corrected chi connectivity index (χ2v) is 6.73. The van der Waals surface area contributed by atoms with Crippen molar-refractivity contribution >= 4 is 22.6 Å². The zero-order valence-corrected chi connectivity index (χ0v) is 12.7. The van der Waals surface area contributed by atoms with Crippen LogP contribution in [0.1, 0.15) is 39.2 Å². The maximum absolute atomic E-state index is 11.6. The van der Waals surface area contributed by atoms with E-state index < -0.39 is 11.0 Å². The van der Waals surface area contributed by atoms with Crippen LogP contribution in [0.2, 0.25) is 0 Å².